The van der Waals surface area contributed by atoms with Crippen LogP contribution in [-0.4, -0.2) is 68.5 Å². The van der Waals surface area contributed by atoms with Crippen molar-refractivity contribution < 1.29 is 24.4 Å². The number of non-ortho nitro benzene ring substituents is 1. The highest BCUT2D eigenvalue weighted by atomic mass is 32.1. The molecule has 222 valence electrons. The van der Waals surface area contributed by atoms with Crippen LogP contribution in [0.1, 0.15) is 16.6 Å². The van der Waals surface area contributed by atoms with Crippen LogP contribution < -0.4 is 16.6 Å². The molecule has 43 heavy (non-hydrogen) atoms. The molecule has 6 rings (SSSR count). The third-order valence-corrected chi connectivity index (χ3v) is 9.12. The Kier molecular flexibility index (Phi) is 6.57. The lowest BCUT2D eigenvalue weighted by Gasteiger charge is -2.31. The van der Waals surface area contributed by atoms with Crippen LogP contribution in [0.15, 0.2) is 51.8 Å². The summed E-state index contributed by atoms with van der Waals surface area (Å²) >= 11 is 1.21. The molecule has 17 heteroatoms. The molecule has 2 aliphatic rings. The number of nitro groups is 1. The molecule has 2 amide bonds. The van der Waals surface area contributed by atoms with E-state index in [0.717, 1.165) is 9.47 Å². The minimum Gasteiger partial charge on any atom is -0.480 e. The van der Waals surface area contributed by atoms with E-state index in [0.29, 0.717) is 10.6 Å². The van der Waals surface area contributed by atoms with Crippen LogP contribution >= 0.6 is 11.3 Å². The van der Waals surface area contributed by atoms with Gasteiger partial charge in [0, 0.05) is 57.3 Å². The summed E-state index contributed by atoms with van der Waals surface area (Å²) in [4.78, 5) is 86.0. The van der Waals surface area contributed by atoms with Crippen LogP contribution in [0.25, 0.3) is 11.2 Å². The van der Waals surface area contributed by atoms with Crippen molar-refractivity contribution in [1.82, 2.24) is 33.9 Å². The van der Waals surface area contributed by atoms with E-state index in [2.05, 4.69) is 15.3 Å². The van der Waals surface area contributed by atoms with Gasteiger partial charge in [-0.3, -0.25) is 48.6 Å². The number of carboxylic acid groups (broad SMARTS) is 1. The van der Waals surface area contributed by atoms with Gasteiger partial charge >= 0.3 is 11.7 Å². The van der Waals surface area contributed by atoms with Crippen LogP contribution in [-0.2, 0) is 41.4 Å². The minimum absolute atomic E-state index is 0.0291. The normalized spacial score (nSPS) is 23.3. The lowest BCUT2D eigenvalue weighted by molar-refractivity contribution is -0.384. The van der Waals surface area contributed by atoms with Gasteiger partial charge in [0.1, 0.15) is 10.5 Å². The number of imidazole rings is 1. The second kappa shape index (κ2) is 10.1. The van der Waals surface area contributed by atoms with Gasteiger partial charge in [0.15, 0.2) is 11.2 Å². The first-order chi connectivity index (χ1) is 20.5. The largest absolute Gasteiger partial charge is 0.480 e. The highest BCUT2D eigenvalue weighted by Gasteiger charge is 2.68. The Labute approximate surface area is 245 Å². The Morgan fingerprint density at radius 2 is 1.81 bits per heavy atom. The van der Waals surface area contributed by atoms with E-state index in [9.17, 15) is 39.2 Å². The van der Waals surface area contributed by atoms with Crippen molar-refractivity contribution >= 4 is 46.0 Å². The first kappa shape index (κ1) is 28.1. The van der Waals surface area contributed by atoms with E-state index in [-0.39, 0.29) is 36.4 Å². The summed E-state index contributed by atoms with van der Waals surface area (Å²) in [5.41, 5.74) is -2.56. The number of carboxylic acids is 1. The molecule has 2 fully saturated rings. The number of likely N-dealkylation sites (tertiary alicyclic amines) is 1. The molecule has 0 bridgehead atoms. The van der Waals surface area contributed by atoms with E-state index in [1.54, 1.807) is 5.38 Å². The number of nitro benzene ring substituents is 1. The van der Waals surface area contributed by atoms with Gasteiger partial charge in [-0.15, -0.1) is 11.3 Å². The quantitative estimate of drug-likeness (QED) is 0.152. The maximum Gasteiger partial charge on any atom is 0.332 e. The van der Waals surface area contributed by atoms with Crippen LogP contribution in [0, 0.1) is 22.0 Å². The Balaban J connectivity index is 1.37. The van der Waals surface area contributed by atoms with Gasteiger partial charge in [0.2, 0.25) is 11.8 Å². The minimum atomic E-state index is -1.92. The van der Waals surface area contributed by atoms with Crippen LogP contribution in [0.2, 0.25) is 0 Å². The van der Waals surface area contributed by atoms with Gasteiger partial charge in [-0.1, -0.05) is 12.1 Å². The van der Waals surface area contributed by atoms with Gasteiger partial charge < -0.3 is 9.67 Å². The SMILES string of the molecule is Cn1c(=O)c2c(ncn2CCN2C(=O)C3C(c4nccs4)NC(Cc4ccc([N+](=O)[O-])cc4)(C(=O)O)C3C2=O)n(C)c1=O. The second-order valence-corrected chi connectivity index (χ2v) is 11.4. The van der Waals surface area contributed by atoms with Crippen molar-refractivity contribution in [2.75, 3.05) is 6.54 Å². The molecular weight excluding hydrogens is 584 g/mol. The number of hydrogen-bond donors (Lipinski definition) is 2. The number of carbonyl (C=O) groups is 3. The maximum atomic E-state index is 14.0. The maximum absolute atomic E-state index is 14.0. The standard InChI is InChI=1S/C26H24N8O8S/c1-30-19-18(23(37)31(2)25(30)40)32(12-28-19)8-9-33-21(35)15-16(22(33)36)26(24(38)39,29-17(15)20-27-7-10-43-20)11-13-3-5-14(6-4-13)34(41)42/h3-7,10,12,15-17,29H,8-9,11H2,1-2H3,(H,38,39). The summed E-state index contributed by atoms with van der Waals surface area (Å²) in [6.07, 6.45) is 2.63. The fourth-order valence-electron chi connectivity index (χ4n) is 6.15. The average Bonchev–Trinajstić information content (AvgIpc) is 3.76. The van der Waals surface area contributed by atoms with Crippen molar-refractivity contribution in [2.24, 2.45) is 25.9 Å². The number of imide groups is 1. The molecular formula is C26H24N8O8S. The molecule has 2 saturated heterocycles. The predicted octanol–water partition coefficient (Wildman–Crippen LogP) is -0.190. The Hall–Kier alpha value is -5.03. The number of hydrogen-bond acceptors (Lipinski definition) is 11. The Bertz CT molecular complexity index is 1930. The summed E-state index contributed by atoms with van der Waals surface area (Å²) in [7, 11) is 2.80. The number of amides is 2. The van der Waals surface area contributed by atoms with E-state index < -0.39 is 57.4 Å². The number of rotatable bonds is 8. The van der Waals surface area contributed by atoms with E-state index in [1.807, 2.05) is 0 Å². The molecule has 4 unspecified atom stereocenters. The molecule has 16 nitrogen and oxygen atoms in total. The number of nitrogens with zero attached hydrogens (tertiary/aromatic N) is 7. The summed E-state index contributed by atoms with van der Waals surface area (Å²) in [5.74, 6) is -5.03. The zero-order valence-corrected chi connectivity index (χ0v) is 23.6. The lowest BCUT2D eigenvalue weighted by Crippen LogP contribution is -2.57. The zero-order valence-electron chi connectivity index (χ0n) is 22.7. The number of benzene rings is 1. The van der Waals surface area contributed by atoms with Crippen molar-refractivity contribution in [2.45, 2.75) is 24.5 Å². The molecule has 5 heterocycles. The van der Waals surface area contributed by atoms with Gasteiger partial charge in [-0.25, -0.2) is 14.8 Å². The van der Waals surface area contributed by atoms with Gasteiger partial charge in [-0.2, -0.15) is 0 Å². The van der Waals surface area contributed by atoms with Gasteiger partial charge in [0.05, 0.1) is 29.1 Å². The first-order valence-electron chi connectivity index (χ1n) is 13.1. The summed E-state index contributed by atoms with van der Waals surface area (Å²) in [5, 5.41) is 26.9. The van der Waals surface area contributed by atoms with E-state index in [4.69, 9.17) is 0 Å². The highest BCUT2D eigenvalue weighted by Crippen LogP contribution is 2.50. The highest BCUT2D eigenvalue weighted by molar-refractivity contribution is 7.09. The summed E-state index contributed by atoms with van der Waals surface area (Å²) in [6.45, 7) is -0.210. The zero-order chi connectivity index (χ0) is 30.8. The lowest BCUT2D eigenvalue weighted by atomic mass is 9.76. The Morgan fingerprint density at radius 1 is 1.09 bits per heavy atom. The van der Waals surface area contributed by atoms with Crippen LogP contribution in [0.3, 0.4) is 0 Å². The molecule has 0 saturated carbocycles. The van der Waals surface area contributed by atoms with E-state index in [1.165, 1.54) is 71.4 Å². The topological polar surface area (TPSA) is 205 Å². The number of nitrogens with one attached hydrogen (secondary N) is 1. The van der Waals surface area contributed by atoms with Gasteiger partial charge in [-0.05, 0) is 5.56 Å². The summed E-state index contributed by atoms with van der Waals surface area (Å²) in [6, 6.07) is 4.47. The Morgan fingerprint density at radius 3 is 2.44 bits per heavy atom. The monoisotopic (exact) mass is 608 g/mol. The average molecular weight is 609 g/mol. The number of aromatic nitrogens is 5. The second-order valence-electron chi connectivity index (χ2n) is 10.5. The van der Waals surface area contributed by atoms with E-state index >= 15 is 0 Å². The summed E-state index contributed by atoms with van der Waals surface area (Å²) < 4.78 is 3.60. The smallest absolute Gasteiger partial charge is 0.332 e. The van der Waals surface area contributed by atoms with Gasteiger partial charge in [0.25, 0.3) is 11.2 Å². The molecule has 0 spiro atoms. The molecule has 4 atom stereocenters. The third-order valence-electron chi connectivity index (χ3n) is 8.26. The van der Waals surface area contributed by atoms with Crippen molar-refractivity contribution in [1.29, 1.82) is 0 Å². The van der Waals surface area contributed by atoms with Crippen molar-refractivity contribution in [3.8, 4) is 0 Å². The van der Waals surface area contributed by atoms with Crippen LogP contribution in [0.5, 0.6) is 0 Å². The fourth-order valence-corrected chi connectivity index (χ4v) is 6.88. The number of aliphatic carboxylic acids is 1. The fraction of sp³-hybridized carbons (Fsp3) is 0.346. The number of fused-ring (bicyclic) bond motifs is 2. The third kappa shape index (κ3) is 4.18. The number of aryl methyl sites for hydroxylation is 1. The van der Waals surface area contributed by atoms with Crippen molar-refractivity contribution in [3.05, 3.63) is 83.7 Å². The molecule has 3 aromatic heterocycles. The van der Waals surface area contributed by atoms with Crippen molar-refractivity contribution in [3.63, 3.8) is 0 Å². The van der Waals surface area contributed by atoms with Crippen LogP contribution in [0.4, 0.5) is 5.69 Å². The molecule has 1 aromatic carbocycles. The molecule has 2 aliphatic heterocycles. The molecule has 4 aromatic rings. The molecule has 0 aliphatic carbocycles. The first-order valence-corrected chi connectivity index (χ1v) is 13.9. The molecule has 2 N–H and O–H groups in total. The number of thiazole rings is 1. The predicted molar refractivity (Wildman–Crippen MR) is 149 cm³/mol. The molecule has 0 radical (unpaired) electrons. The number of carbonyl (C=O) groups excluding carboxylic acids is 2.